The number of aromatic nitrogens is 2. The molecule has 1 aliphatic carbocycles. The molecule has 3 rings (SSSR count). The Balaban J connectivity index is 1.69. The number of anilines is 1. The molecule has 1 atom stereocenters. The number of hydrogen-bond donors (Lipinski definition) is 1. The summed E-state index contributed by atoms with van der Waals surface area (Å²) in [6.07, 6.45) is 8.69. The Morgan fingerprint density at radius 1 is 1.22 bits per heavy atom. The van der Waals surface area contributed by atoms with E-state index in [1.54, 1.807) is 0 Å². The lowest BCUT2D eigenvalue weighted by molar-refractivity contribution is 0.397. The van der Waals surface area contributed by atoms with Gasteiger partial charge >= 0.3 is 0 Å². The molecule has 1 N–H and O–H groups in total. The number of nitrogens with zero attached hydrogens (tertiary/aromatic N) is 3. The monoisotopic (exact) mass is 250 g/mol. The van der Waals surface area contributed by atoms with Crippen LogP contribution in [0.1, 0.15) is 32.1 Å². The first-order chi connectivity index (χ1) is 8.83. The summed E-state index contributed by atoms with van der Waals surface area (Å²) in [5, 5.41) is 3.54. The van der Waals surface area contributed by atoms with Gasteiger partial charge in [0.05, 0.1) is 12.4 Å². The van der Waals surface area contributed by atoms with Gasteiger partial charge in [0.1, 0.15) is 0 Å². The number of rotatable bonds is 4. The fourth-order valence-electron chi connectivity index (χ4n) is 2.55. The lowest BCUT2D eigenvalue weighted by Gasteiger charge is -2.30. The van der Waals surface area contributed by atoms with E-state index < -0.39 is 0 Å². The number of nitrogens with one attached hydrogen (secondary N) is 1. The molecule has 1 aromatic rings. The van der Waals surface area contributed by atoms with Crippen molar-refractivity contribution in [1.29, 1.82) is 0 Å². The molecule has 1 aromatic heterocycles. The van der Waals surface area contributed by atoms with E-state index in [-0.39, 0.29) is 5.82 Å². The smallest absolute Gasteiger partial charge is 0.225 e. The van der Waals surface area contributed by atoms with Crippen LogP contribution in [0.2, 0.25) is 0 Å². The van der Waals surface area contributed by atoms with Gasteiger partial charge in [-0.15, -0.1) is 0 Å². The first kappa shape index (κ1) is 11.8. The highest BCUT2D eigenvalue weighted by atomic mass is 19.1. The highest BCUT2D eigenvalue weighted by Crippen LogP contribution is 2.30. The fourth-order valence-corrected chi connectivity index (χ4v) is 2.55. The molecule has 1 saturated heterocycles. The van der Waals surface area contributed by atoms with Gasteiger partial charge in [0.15, 0.2) is 5.82 Å². The molecule has 0 amide bonds. The number of halogens is 1. The largest absolute Gasteiger partial charge is 0.336 e. The molecule has 0 spiro atoms. The lowest BCUT2D eigenvalue weighted by atomic mass is 10.0. The van der Waals surface area contributed by atoms with Crippen molar-refractivity contribution in [2.45, 2.75) is 44.2 Å². The number of hydrogen-bond acceptors (Lipinski definition) is 4. The van der Waals surface area contributed by atoms with Crippen molar-refractivity contribution in [3.63, 3.8) is 0 Å². The van der Waals surface area contributed by atoms with Crippen molar-refractivity contribution >= 4 is 5.95 Å². The van der Waals surface area contributed by atoms with E-state index in [0.717, 1.165) is 13.1 Å². The maximum absolute atomic E-state index is 12.9. The van der Waals surface area contributed by atoms with Crippen LogP contribution in [0, 0.1) is 5.82 Å². The second-order valence-electron chi connectivity index (χ2n) is 5.23. The molecular formula is C13H19FN4. The van der Waals surface area contributed by atoms with Crippen LogP contribution in [-0.4, -0.2) is 35.1 Å². The van der Waals surface area contributed by atoms with Crippen LogP contribution in [0.4, 0.5) is 10.3 Å². The van der Waals surface area contributed by atoms with Gasteiger partial charge in [0, 0.05) is 18.6 Å². The topological polar surface area (TPSA) is 41.1 Å². The highest BCUT2D eigenvalue weighted by Gasteiger charge is 2.32. The molecule has 98 valence electrons. The summed E-state index contributed by atoms with van der Waals surface area (Å²) >= 11 is 0. The van der Waals surface area contributed by atoms with Gasteiger partial charge in [-0.2, -0.15) is 0 Å². The van der Waals surface area contributed by atoms with Crippen LogP contribution >= 0.6 is 0 Å². The molecule has 0 aromatic carbocycles. The summed E-state index contributed by atoms with van der Waals surface area (Å²) in [5.74, 6) is 0.302. The van der Waals surface area contributed by atoms with Gasteiger partial charge in [-0.25, -0.2) is 14.4 Å². The van der Waals surface area contributed by atoms with Crippen LogP contribution in [0.3, 0.4) is 0 Å². The fraction of sp³-hybridized carbons (Fsp3) is 0.692. The van der Waals surface area contributed by atoms with E-state index in [1.807, 2.05) is 0 Å². The zero-order valence-electron chi connectivity index (χ0n) is 10.5. The van der Waals surface area contributed by atoms with Gasteiger partial charge in [0.2, 0.25) is 5.95 Å². The molecule has 4 nitrogen and oxygen atoms in total. The normalized spacial score (nSPS) is 23.9. The lowest BCUT2D eigenvalue weighted by Crippen LogP contribution is -2.45. The maximum Gasteiger partial charge on any atom is 0.225 e. The average Bonchev–Trinajstić information content (AvgIpc) is 3.23. The molecule has 2 fully saturated rings. The molecule has 1 saturated carbocycles. The van der Waals surface area contributed by atoms with Crippen molar-refractivity contribution in [1.82, 2.24) is 15.3 Å². The van der Waals surface area contributed by atoms with Crippen LogP contribution in [0.25, 0.3) is 0 Å². The van der Waals surface area contributed by atoms with Gasteiger partial charge in [-0.3, -0.25) is 0 Å². The van der Waals surface area contributed by atoms with E-state index in [9.17, 15) is 4.39 Å². The van der Waals surface area contributed by atoms with Crippen LogP contribution in [0.5, 0.6) is 0 Å². The molecule has 5 heteroatoms. The molecule has 0 radical (unpaired) electrons. The predicted octanol–water partition coefficient (Wildman–Crippen LogP) is 1.73. The molecular weight excluding hydrogens is 231 g/mol. The third-order valence-corrected chi connectivity index (χ3v) is 3.68. The molecule has 1 aliphatic heterocycles. The van der Waals surface area contributed by atoms with Gasteiger partial charge in [-0.1, -0.05) is 6.42 Å². The van der Waals surface area contributed by atoms with Crippen molar-refractivity contribution in [2.24, 2.45) is 0 Å². The summed E-state index contributed by atoms with van der Waals surface area (Å²) < 4.78 is 12.9. The zero-order valence-corrected chi connectivity index (χ0v) is 10.5. The first-order valence-electron chi connectivity index (χ1n) is 6.80. The summed E-state index contributed by atoms with van der Waals surface area (Å²) in [5.41, 5.74) is 0. The van der Waals surface area contributed by atoms with Crippen molar-refractivity contribution in [3.05, 3.63) is 18.2 Å². The van der Waals surface area contributed by atoms with Gasteiger partial charge in [-0.05, 0) is 32.2 Å². The van der Waals surface area contributed by atoms with Gasteiger partial charge in [0.25, 0.3) is 0 Å². The molecule has 2 aliphatic rings. The van der Waals surface area contributed by atoms with E-state index in [1.165, 1.54) is 44.5 Å². The van der Waals surface area contributed by atoms with E-state index >= 15 is 0 Å². The third kappa shape index (κ3) is 2.77. The SMILES string of the molecule is Fc1cnc(N(CC2CCCCN2)C2CC2)nc1. The van der Waals surface area contributed by atoms with Crippen molar-refractivity contribution in [2.75, 3.05) is 18.0 Å². The van der Waals surface area contributed by atoms with Gasteiger partial charge < -0.3 is 10.2 Å². The van der Waals surface area contributed by atoms with Crippen LogP contribution < -0.4 is 10.2 Å². The minimum Gasteiger partial charge on any atom is -0.336 e. The Hall–Kier alpha value is -1.23. The second-order valence-corrected chi connectivity index (χ2v) is 5.23. The van der Waals surface area contributed by atoms with E-state index in [4.69, 9.17) is 0 Å². The standard InChI is InChI=1S/C13H19FN4/c14-10-7-16-13(17-8-10)18(12-4-5-12)9-11-3-1-2-6-15-11/h7-8,11-12,15H,1-6,9H2. The Labute approximate surface area is 107 Å². The Morgan fingerprint density at radius 2 is 2.00 bits per heavy atom. The van der Waals surface area contributed by atoms with E-state index in [0.29, 0.717) is 18.0 Å². The summed E-state index contributed by atoms with van der Waals surface area (Å²) in [6.45, 7) is 2.05. The maximum atomic E-state index is 12.9. The zero-order chi connectivity index (χ0) is 12.4. The summed E-state index contributed by atoms with van der Waals surface area (Å²) in [4.78, 5) is 10.5. The Morgan fingerprint density at radius 3 is 2.61 bits per heavy atom. The van der Waals surface area contributed by atoms with Crippen molar-refractivity contribution in [3.8, 4) is 0 Å². The van der Waals surface area contributed by atoms with Crippen LogP contribution in [0.15, 0.2) is 12.4 Å². The Bertz CT molecular complexity index is 384. The predicted molar refractivity (Wildman–Crippen MR) is 68.0 cm³/mol. The van der Waals surface area contributed by atoms with Crippen LogP contribution in [-0.2, 0) is 0 Å². The summed E-state index contributed by atoms with van der Waals surface area (Å²) in [6, 6.07) is 1.08. The highest BCUT2D eigenvalue weighted by molar-refractivity contribution is 5.33. The molecule has 1 unspecified atom stereocenters. The first-order valence-corrected chi connectivity index (χ1v) is 6.80. The minimum absolute atomic E-state index is 0.370. The second kappa shape index (κ2) is 5.18. The molecule has 2 heterocycles. The number of piperidine rings is 1. The average molecular weight is 250 g/mol. The minimum atomic E-state index is -0.370. The third-order valence-electron chi connectivity index (χ3n) is 3.68. The molecule has 0 bridgehead atoms. The quantitative estimate of drug-likeness (QED) is 0.883. The Kier molecular flexibility index (Phi) is 3.41. The van der Waals surface area contributed by atoms with E-state index in [2.05, 4.69) is 20.2 Å². The molecule has 18 heavy (non-hydrogen) atoms. The summed E-state index contributed by atoms with van der Waals surface area (Å²) in [7, 11) is 0. The van der Waals surface area contributed by atoms with Crippen molar-refractivity contribution < 1.29 is 4.39 Å².